The molecule has 0 radical (unpaired) electrons. The Morgan fingerprint density at radius 3 is 2.69 bits per heavy atom. The monoisotopic (exact) mass is 469 g/mol. The van der Waals surface area contributed by atoms with Gasteiger partial charge in [-0.25, -0.2) is 9.37 Å². The van der Waals surface area contributed by atoms with Crippen LogP contribution in [0.5, 0.6) is 17.2 Å². The number of pyridine rings is 2. The molecule has 3 aromatic heterocycles. The van der Waals surface area contributed by atoms with E-state index in [-0.39, 0.29) is 17.7 Å². The lowest BCUT2D eigenvalue weighted by Gasteiger charge is -2.11. The molecule has 7 nitrogen and oxygen atoms in total. The number of fused-ring (bicyclic) bond motifs is 2. The van der Waals surface area contributed by atoms with E-state index < -0.39 is 17.2 Å². The van der Waals surface area contributed by atoms with Crippen molar-refractivity contribution < 1.29 is 18.7 Å². The van der Waals surface area contributed by atoms with Crippen LogP contribution in [-0.4, -0.2) is 27.3 Å². The molecule has 5 aromatic rings. The molecule has 174 valence electrons. The van der Waals surface area contributed by atoms with Crippen molar-refractivity contribution in [3.63, 3.8) is 0 Å². The summed E-state index contributed by atoms with van der Waals surface area (Å²) in [6.45, 7) is 1.85. The van der Waals surface area contributed by atoms with Crippen LogP contribution in [-0.2, 0) is 6.42 Å². The number of ether oxygens (including phenoxy) is 2. The van der Waals surface area contributed by atoms with Crippen LogP contribution in [0.15, 0.2) is 78.0 Å². The summed E-state index contributed by atoms with van der Waals surface area (Å²) >= 11 is 0. The van der Waals surface area contributed by atoms with Gasteiger partial charge in [0, 0.05) is 36.5 Å². The van der Waals surface area contributed by atoms with Crippen molar-refractivity contribution in [3.05, 3.63) is 106 Å². The summed E-state index contributed by atoms with van der Waals surface area (Å²) < 4.78 is 27.3. The van der Waals surface area contributed by atoms with Gasteiger partial charge in [-0.3, -0.25) is 19.0 Å². The Hall–Kier alpha value is -4.59. The molecule has 8 heteroatoms. The van der Waals surface area contributed by atoms with Crippen molar-refractivity contribution in [2.45, 2.75) is 13.3 Å². The smallest absolute Gasteiger partial charge is 0.268 e. The highest BCUT2D eigenvalue weighted by Crippen LogP contribution is 2.32. The molecule has 0 spiro atoms. The normalized spacial score (nSPS) is 11.1. The highest BCUT2D eigenvalue weighted by atomic mass is 19.1. The molecular formula is C27H20FN3O4. The van der Waals surface area contributed by atoms with Gasteiger partial charge in [-0.2, -0.15) is 0 Å². The fraction of sp³-hybridized carbons (Fsp3) is 0.111. The molecule has 0 bridgehead atoms. The molecule has 3 heterocycles. The van der Waals surface area contributed by atoms with Gasteiger partial charge in [-0.1, -0.05) is 12.1 Å². The van der Waals surface area contributed by atoms with Crippen LogP contribution in [0.3, 0.4) is 0 Å². The lowest BCUT2D eigenvalue weighted by Crippen LogP contribution is -2.24. The van der Waals surface area contributed by atoms with Crippen molar-refractivity contribution in [1.82, 2.24) is 14.4 Å². The zero-order chi connectivity index (χ0) is 24.5. The van der Waals surface area contributed by atoms with Gasteiger partial charge in [0.1, 0.15) is 22.7 Å². The van der Waals surface area contributed by atoms with Gasteiger partial charge >= 0.3 is 0 Å². The largest absolute Gasteiger partial charge is 0.497 e. The van der Waals surface area contributed by atoms with E-state index in [0.717, 1.165) is 5.56 Å². The minimum Gasteiger partial charge on any atom is -0.497 e. The number of aromatic nitrogens is 3. The fourth-order valence-corrected chi connectivity index (χ4v) is 3.83. The van der Waals surface area contributed by atoms with Crippen LogP contribution in [0.1, 0.15) is 21.5 Å². The van der Waals surface area contributed by atoms with Crippen LogP contribution in [0.4, 0.5) is 4.39 Å². The summed E-state index contributed by atoms with van der Waals surface area (Å²) in [7, 11) is 1.57. The number of rotatable bonds is 6. The summed E-state index contributed by atoms with van der Waals surface area (Å²) in [4.78, 5) is 34.1. The third-order valence-electron chi connectivity index (χ3n) is 5.64. The highest BCUT2D eigenvalue weighted by Gasteiger charge is 2.16. The standard InChI is InChI=1S/C27H20FN3O4/c1-16-3-8-26-30-14-20(27(33)31(26)15-16)23(32)12-17-4-7-25(21(28)11-17)35-24-9-10-29-22-13-18(34-2)5-6-19(22)24/h3-11,13-15H,12H2,1-2H3. The van der Waals surface area contributed by atoms with E-state index in [2.05, 4.69) is 9.97 Å². The summed E-state index contributed by atoms with van der Waals surface area (Å²) in [6.07, 6.45) is 4.32. The lowest BCUT2D eigenvalue weighted by molar-refractivity contribution is 0.0991. The predicted molar refractivity (Wildman–Crippen MR) is 129 cm³/mol. The van der Waals surface area contributed by atoms with Crippen molar-refractivity contribution in [3.8, 4) is 17.2 Å². The van der Waals surface area contributed by atoms with Gasteiger partial charge in [0.15, 0.2) is 17.3 Å². The predicted octanol–water partition coefficient (Wildman–Crippen LogP) is 4.92. The first kappa shape index (κ1) is 22.2. The molecule has 35 heavy (non-hydrogen) atoms. The molecule has 0 aliphatic rings. The summed E-state index contributed by atoms with van der Waals surface area (Å²) in [5, 5.41) is 0.700. The second-order valence-corrected chi connectivity index (χ2v) is 8.07. The van der Waals surface area contributed by atoms with Crippen LogP contribution >= 0.6 is 0 Å². The van der Waals surface area contributed by atoms with Crippen LogP contribution < -0.4 is 15.0 Å². The quantitative estimate of drug-likeness (QED) is 0.329. The molecule has 0 saturated heterocycles. The third kappa shape index (κ3) is 4.33. The first-order valence-electron chi connectivity index (χ1n) is 10.8. The number of hydrogen-bond donors (Lipinski definition) is 0. The topological polar surface area (TPSA) is 82.8 Å². The van der Waals surface area contributed by atoms with Crippen LogP contribution in [0, 0.1) is 12.7 Å². The van der Waals surface area contributed by atoms with Crippen LogP contribution in [0.25, 0.3) is 16.6 Å². The number of Topliss-reactive ketones (excluding diaryl/α,β-unsaturated/α-hetero) is 1. The van der Waals surface area contributed by atoms with Gasteiger partial charge in [-0.05, 0) is 54.4 Å². The average molecular weight is 469 g/mol. The second kappa shape index (κ2) is 8.98. The summed E-state index contributed by atoms with van der Waals surface area (Å²) in [5.74, 6) is 0.0235. The van der Waals surface area contributed by atoms with E-state index in [9.17, 15) is 14.0 Å². The molecule has 5 rings (SSSR count). The van der Waals surface area contributed by atoms with E-state index >= 15 is 0 Å². The number of hydrogen-bond acceptors (Lipinski definition) is 6. The van der Waals surface area contributed by atoms with Gasteiger partial charge in [0.2, 0.25) is 0 Å². The van der Waals surface area contributed by atoms with E-state index in [1.165, 1.54) is 22.7 Å². The highest BCUT2D eigenvalue weighted by molar-refractivity contribution is 5.97. The second-order valence-electron chi connectivity index (χ2n) is 8.07. The number of carbonyl (C=O) groups is 1. The molecule has 0 saturated carbocycles. The average Bonchev–Trinajstić information content (AvgIpc) is 2.86. The first-order valence-corrected chi connectivity index (χ1v) is 10.8. The zero-order valence-corrected chi connectivity index (χ0v) is 19.0. The number of methoxy groups -OCH3 is 1. The van der Waals surface area contributed by atoms with Gasteiger partial charge in [0.05, 0.1) is 12.6 Å². The summed E-state index contributed by atoms with van der Waals surface area (Å²) in [5.41, 5.74) is 1.88. The minimum atomic E-state index is -0.627. The van der Waals surface area contributed by atoms with E-state index in [1.54, 1.807) is 55.9 Å². The van der Waals surface area contributed by atoms with Crippen molar-refractivity contribution >= 4 is 22.3 Å². The number of halogens is 1. The maximum absolute atomic E-state index is 14.9. The van der Waals surface area contributed by atoms with Crippen molar-refractivity contribution in [2.24, 2.45) is 0 Å². The fourth-order valence-electron chi connectivity index (χ4n) is 3.83. The number of aryl methyl sites for hydroxylation is 1. The molecule has 0 amide bonds. The summed E-state index contributed by atoms with van der Waals surface area (Å²) in [6, 6.07) is 14.8. The Labute approximate surface area is 199 Å². The molecule has 0 fully saturated rings. The Kier molecular flexibility index (Phi) is 5.70. The Bertz CT molecular complexity index is 1660. The minimum absolute atomic E-state index is 0.00688. The molecule has 0 atom stereocenters. The van der Waals surface area contributed by atoms with Gasteiger partial charge < -0.3 is 9.47 Å². The maximum atomic E-state index is 14.9. The number of benzene rings is 2. The van der Waals surface area contributed by atoms with E-state index in [0.29, 0.717) is 33.6 Å². The number of nitrogens with zero attached hydrogens (tertiary/aromatic N) is 3. The van der Waals surface area contributed by atoms with Crippen LogP contribution in [0.2, 0.25) is 0 Å². The lowest BCUT2D eigenvalue weighted by atomic mass is 10.0. The van der Waals surface area contributed by atoms with Gasteiger partial charge in [0.25, 0.3) is 5.56 Å². The third-order valence-corrected chi connectivity index (χ3v) is 5.64. The Morgan fingerprint density at radius 1 is 1.03 bits per heavy atom. The Balaban J connectivity index is 1.39. The molecule has 0 unspecified atom stereocenters. The van der Waals surface area contributed by atoms with E-state index in [4.69, 9.17) is 9.47 Å². The Morgan fingerprint density at radius 2 is 1.89 bits per heavy atom. The van der Waals surface area contributed by atoms with Crippen molar-refractivity contribution in [1.29, 1.82) is 0 Å². The molecular weight excluding hydrogens is 449 g/mol. The zero-order valence-electron chi connectivity index (χ0n) is 19.0. The van der Waals surface area contributed by atoms with E-state index in [1.807, 2.05) is 13.0 Å². The SMILES string of the molecule is COc1ccc2c(Oc3ccc(CC(=O)c4cnc5ccc(C)cn5c4=O)cc3F)ccnc2c1. The number of ketones is 1. The first-order chi connectivity index (χ1) is 16.9. The number of carbonyl (C=O) groups excluding carboxylic acids is 1. The van der Waals surface area contributed by atoms with Crippen molar-refractivity contribution in [2.75, 3.05) is 7.11 Å². The molecule has 0 N–H and O–H groups in total. The molecule has 2 aromatic carbocycles. The maximum Gasteiger partial charge on any atom is 0.268 e. The molecule has 0 aliphatic heterocycles. The molecule has 0 aliphatic carbocycles. The van der Waals surface area contributed by atoms with Gasteiger partial charge in [-0.15, -0.1) is 0 Å².